The molecule has 3 heteroatoms. The summed E-state index contributed by atoms with van der Waals surface area (Å²) in [5.41, 5.74) is 0.672. The molecule has 1 saturated heterocycles. The number of rotatable bonds is 3. The third-order valence-corrected chi connectivity index (χ3v) is 3.53. The van der Waals surface area contributed by atoms with Gasteiger partial charge in [0.25, 0.3) is 0 Å². The van der Waals surface area contributed by atoms with E-state index in [2.05, 4.69) is 19.2 Å². The average Bonchev–Trinajstić information content (AvgIpc) is 2.59. The van der Waals surface area contributed by atoms with E-state index < -0.39 is 0 Å². The molecule has 0 radical (unpaired) electrons. The van der Waals surface area contributed by atoms with Gasteiger partial charge in [0.2, 0.25) is 0 Å². The summed E-state index contributed by atoms with van der Waals surface area (Å²) >= 11 is 0. The summed E-state index contributed by atoms with van der Waals surface area (Å²) in [4.78, 5) is 0. The Labute approximate surface area is 95.8 Å². The molecule has 0 bridgehead atoms. The van der Waals surface area contributed by atoms with Crippen molar-refractivity contribution in [3.63, 3.8) is 0 Å². The second-order valence-corrected chi connectivity index (χ2v) is 4.63. The second kappa shape index (κ2) is 4.52. The highest BCUT2D eigenvalue weighted by Gasteiger charge is 2.36. The maximum atomic E-state index is 13.4. The van der Waals surface area contributed by atoms with Crippen molar-refractivity contribution in [2.45, 2.75) is 38.5 Å². The van der Waals surface area contributed by atoms with Crippen LogP contribution >= 0.6 is 0 Å². The van der Waals surface area contributed by atoms with Gasteiger partial charge in [-0.2, -0.15) is 0 Å². The van der Waals surface area contributed by atoms with Crippen LogP contribution in [-0.4, -0.2) is 18.2 Å². The Kier molecular flexibility index (Phi) is 3.26. The van der Waals surface area contributed by atoms with E-state index >= 15 is 0 Å². The molecule has 1 aromatic carbocycles. The van der Waals surface area contributed by atoms with Gasteiger partial charge in [0.1, 0.15) is 5.82 Å². The topological polar surface area (TPSA) is 21.3 Å². The lowest BCUT2D eigenvalue weighted by molar-refractivity contribution is 0.0880. The maximum Gasteiger partial charge on any atom is 0.127 e. The van der Waals surface area contributed by atoms with Gasteiger partial charge in [0.15, 0.2) is 0 Å². The minimum atomic E-state index is -0.148. The van der Waals surface area contributed by atoms with Gasteiger partial charge in [-0.1, -0.05) is 18.2 Å². The number of ether oxygens (including phenoxy) is 1. The Morgan fingerprint density at radius 2 is 2.25 bits per heavy atom. The van der Waals surface area contributed by atoms with E-state index in [-0.39, 0.29) is 17.5 Å². The van der Waals surface area contributed by atoms with Crippen LogP contribution in [0.1, 0.15) is 25.8 Å². The maximum absolute atomic E-state index is 13.4. The van der Waals surface area contributed by atoms with Gasteiger partial charge < -0.3 is 10.1 Å². The molecule has 1 N–H and O–H groups in total. The molecule has 0 spiro atoms. The fourth-order valence-corrected chi connectivity index (χ4v) is 2.01. The van der Waals surface area contributed by atoms with Crippen LogP contribution in [0.15, 0.2) is 24.3 Å². The predicted molar refractivity (Wildman–Crippen MR) is 61.7 cm³/mol. The molecule has 1 aliphatic heterocycles. The third kappa shape index (κ3) is 2.25. The molecule has 2 atom stereocenters. The Balaban J connectivity index is 2.00. The van der Waals surface area contributed by atoms with Crippen LogP contribution in [0.3, 0.4) is 0 Å². The van der Waals surface area contributed by atoms with Crippen molar-refractivity contribution in [1.82, 2.24) is 5.32 Å². The van der Waals surface area contributed by atoms with E-state index in [9.17, 15) is 4.39 Å². The van der Waals surface area contributed by atoms with Gasteiger partial charge in [-0.05, 0) is 26.3 Å². The van der Waals surface area contributed by atoms with Crippen molar-refractivity contribution in [1.29, 1.82) is 0 Å². The van der Waals surface area contributed by atoms with Gasteiger partial charge in [-0.3, -0.25) is 0 Å². The number of halogens is 1. The molecule has 1 heterocycles. The fourth-order valence-electron chi connectivity index (χ4n) is 2.01. The van der Waals surface area contributed by atoms with Crippen molar-refractivity contribution in [3.8, 4) is 0 Å². The number of benzene rings is 1. The monoisotopic (exact) mass is 223 g/mol. The van der Waals surface area contributed by atoms with Gasteiger partial charge in [-0.15, -0.1) is 0 Å². The zero-order chi connectivity index (χ0) is 11.6. The first-order valence-corrected chi connectivity index (χ1v) is 5.72. The van der Waals surface area contributed by atoms with Crippen molar-refractivity contribution in [2.75, 3.05) is 6.61 Å². The Bertz CT molecular complexity index is 369. The molecule has 0 aromatic heterocycles. The van der Waals surface area contributed by atoms with Crippen molar-refractivity contribution in [2.24, 2.45) is 0 Å². The lowest BCUT2D eigenvalue weighted by Gasteiger charge is -2.29. The predicted octanol–water partition coefficient (Wildman–Crippen LogP) is 2.48. The molecule has 2 unspecified atom stereocenters. The molecule has 1 aliphatic rings. The molecule has 1 aromatic rings. The molecule has 0 aliphatic carbocycles. The summed E-state index contributed by atoms with van der Waals surface area (Å²) in [6.45, 7) is 5.52. The first kappa shape index (κ1) is 11.6. The minimum Gasteiger partial charge on any atom is -0.377 e. The van der Waals surface area contributed by atoms with Crippen LogP contribution < -0.4 is 5.32 Å². The van der Waals surface area contributed by atoms with Crippen molar-refractivity contribution >= 4 is 0 Å². The molecular formula is C13H18FNO. The third-order valence-electron chi connectivity index (χ3n) is 3.53. The Morgan fingerprint density at radius 3 is 2.88 bits per heavy atom. The van der Waals surface area contributed by atoms with Crippen LogP contribution in [0.5, 0.6) is 0 Å². The second-order valence-electron chi connectivity index (χ2n) is 4.63. The summed E-state index contributed by atoms with van der Waals surface area (Å²) in [5.74, 6) is -0.148. The van der Waals surface area contributed by atoms with Gasteiger partial charge >= 0.3 is 0 Å². The first-order valence-electron chi connectivity index (χ1n) is 5.72. The number of nitrogens with one attached hydrogen (secondary N) is 1. The summed E-state index contributed by atoms with van der Waals surface area (Å²) in [7, 11) is 0. The highest BCUT2D eigenvalue weighted by Crippen LogP contribution is 2.25. The number of hydrogen-bond acceptors (Lipinski definition) is 2. The molecule has 0 amide bonds. The SMILES string of the molecule is CC1OCCC1(C)NCc1ccccc1F. The Hall–Kier alpha value is -0.930. The summed E-state index contributed by atoms with van der Waals surface area (Å²) in [6.07, 6.45) is 1.15. The molecule has 88 valence electrons. The lowest BCUT2D eigenvalue weighted by Crippen LogP contribution is -2.47. The minimum absolute atomic E-state index is 0.0394. The van der Waals surface area contributed by atoms with E-state index in [0.717, 1.165) is 13.0 Å². The fraction of sp³-hybridized carbons (Fsp3) is 0.538. The molecule has 16 heavy (non-hydrogen) atoms. The average molecular weight is 223 g/mol. The molecular weight excluding hydrogens is 205 g/mol. The quantitative estimate of drug-likeness (QED) is 0.850. The van der Waals surface area contributed by atoms with E-state index in [0.29, 0.717) is 12.1 Å². The van der Waals surface area contributed by atoms with Gasteiger partial charge in [0, 0.05) is 24.3 Å². The molecule has 0 saturated carbocycles. The molecule has 2 rings (SSSR count). The van der Waals surface area contributed by atoms with Crippen LogP contribution in [0, 0.1) is 5.82 Å². The smallest absolute Gasteiger partial charge is 0.127 e. The van der Waals surface area contributed by atoms with Crippen LogP contribution in [-0.2, 0) is 11.3 Å². The van der Waals surface area contributed by atoms with Gasteiger partial charge in [-0.25, -0.2) is 4.39 Å². The standard InChI is InChI=1S/C13H18FNO/c1-10-13(2,7-8-16-10)15-9-11-5-3-4-6-12(11)14/h3-6,10,15H,7-9H2,1-2H3. The number of hydrogen-bond donors (Lipinski definition) is 1. The van der Waals surface area contributed by atoms with Crippen molar-refractivity contribution in [3.05, 3.63) is 35.6 Å². The highest BCUT2D eigenvalue weighted by molar-refractivity contribution is 5.17. The van der Waals surface area contributed by atoms with Crippen LogP contribution in [0.25, 0.3) is 0 Å². The van der Waals surface area contributed by atoms with Crippen LogP contribution in [0.4, 0.5) is 4.39 Å². The normalized spacial score (nSPS) is 29.6. The summed E-state index contributed by atoms with van der Waals surface area (Å²) in [5, 5.41) is 3.40. The molecule has 1 fully saturated rings. The van der Waals surface area contributed by atoms with E-state index in [1.165, 1.54) is 6.07 Å². The first-order chi connectivity index (χ1) is 7.62. The largest absolute Gasteiger partial charge is 0.377 e. The zero-order valence-electron chi connectivity index (χ0n) is 9.79. The van der Waals surface area contributed by atoms with Crippen LogP contribution in [0.2, 0.25) is 0 Å². The zero-order valence-corrected chi connectivity index (χ0v) is 9.79. The van der Waals surface area contributed by atoms with E-state index in [1.807, 2.05) is 12.1 Å². The molecule has 2 nitrogen and oxygen atoms in total. The van der Waals surface area contributed by atoms with E-state index in [1.54, 1.807) is 6.07 Å². The Morgan fingerprint density at radius 1 is 1.50 bits per heavy atom. The highest BCUT2D eigenvalue weighted by atomic mass is 19.1. The summed E-state index contributed by atoms with van der Waals surface area (Å²) in [6, 6.07) is 6.87. The van der Waals surface area contributed by atoms with Crippen molar-refractivity contribution < 1.29 is 9.13 Å². The lowest BCUT2D eigenvalue weighted by atomic mass is 9.94. The van der Waals surface area contributed by atoms with Gasteiger partial charge in [0.05, 0.1) is 6.10 Å². The summed E-state index contributed by atoms with van der Waals surface area (Å²) < 4.78 is 18.9. The van der Waals surface area contributed by atoms with E-state index in [4.69, 9.17) is 4.74 Å².